The van der Waals surface area contributed by atoms with Crippen LogP contribution in [0.2, 0.25) is 0 Å². The van der Waals surface area contributed by atoms with Crippen molar-refractivity contribution in [1.29, 1.82) is 0 Å². The van der Waals surface area contributed by atoms with Crippen LogP contribution in [0.5, 0.6) is 0 Å². The van der Waals surface area contributed by atoms with Gasteiger partial charge in [-0.1, -0.05) is 32.4 Å². The number of rotatable bonds is 8. The molecule has 77 valence electrons. The molecule has 0 bridgehead atoms. The normalized spacial score (nSPS) is 13.8. The molecule has 0 N–H and O–H groups in total. The second kappa shape index (κ2) is 9.79. The van der Waals surface area contributed by atoms with Crippen LogP contribution in [0.4, 0.5) is 0 Å². The first-order valence-electron chi connectivity index (χ1n) is 5.54. The summed E-state index contributed by atoms with van der Waals surface area (Å²) in [5.41, 5.74) is 0. The van der Waals surface area contributed by atoms with Crippen molar-refractivity contribution < 1.29 is 5.11 Å². The highest BCUT2D eigenvalue weighted by atomic mass is 16.2. The van der Waals surface area contributed by atoms with Gasteiger partial charge in [-0.05, 0) is 38.0 Å². The fourth-order valence-corrected chi connectivity index (χ4v) is 1.44. The summed E-state index contributed by atoms with van der Waals surface area (Å²) in [5.74, 6) is 0.740. The first kappa shape index (κ1) is 12.7. The van der Waals surface area contributed by atoms with Gasteiger partial charge in [-0.15, -0.1) is 0 Å². The van der Waals surface area contributed by atoms with Crippen LogP contribution < -0.4 is 0 Å². The Kier molecular flexibility index (Phi) is 9.56. The average molecular weight is 183 g/mol. The van der Waals surface area contributed by atoms with Crippen LogP contribution in [-0.2, 0) is 5.11 Å². The molecule has 0 rings (SSSR count). The quantitative estimate of drug-likeness (QED) is 0.401. The third kappa shape index (κ3) is 9.62. The Morgan fingerprint density at radius 3 is 2.46 bits per heavy atom. The van der Waals surface area contributed by atoms with Crippen molar-refractivity contribution in [2.24, 2.45) is 5.92 Å². The van der Waals surface area contributed by atoms with E-state index < -0.39 is 0 Å². The average Bonchev–Trinajstić information content (AvgIpc) is 2.14. The van der Waals surface area contributed by atoms with Gasteiger partial charge in [0.2, 0.25) is 0 Å². The Bertz CT molecular complexity index is 118. The van der Waals surface area contributed by atoms with Crippen LogP contribution in [0.25, 0.3) is 0 Å². The third-order valence-corrected chi connectivity index (χ3v) is 2.31. The predicted octanol–water partition coefficient (Wildman–Crippen LogP) is 3.97. The van der Waals surface area contributed by atoms with E-state index in [0.29, 0.717) is 0 Å². The Morgan fingerprint density at radius 2 is 1.85 bits per heavy atom. The molecule has 0 amide bonds. The van der Waals surface area contributed by atoms with Gasteiger partial charge in [-0.25, -0.2) is 5.11 Å². The Hall–Kier alpha value is -0.300. The van der Waals surface area contributed by atoms with Crippen molar-refractivity contribution in [3.05, 3.63) is 12.2 Å². The molecule has 0 aliphatic carbocycles. The molecule has 0 fully saturated rings. The first-order chi connectivity index (χ1) is 6.31. The molecule has 0 aliphatic heterocycles. The molecule has 0 saturated carbocycles. The van der Waals surface area contributed by atoms with Gasteiger partial charge in [-0.2, -0.15) is 0 Å². The molecular formula is C12H23O. The van der Waals surface area contributed by atoms with Crippen molar-refractivity contribution in [3.8, 4) is 0 Å². The van der Waals surface area contributed by atoms with E-state index >= 15 is 0 Å². The van der Waals surface area contributed by atoms with Gasteiger partial charge in [0.25, 0.3) is 0 Å². The number of hydrogen-bond donors (Lipinski definition) is 0. The third-order valence-electron chi connectivity index (χ3n) is 2.31. The van der Waals surface area contributed by atoms with Gasteiger partial charge >= 0.3 is 0 Å². The molecule has 1 heteroatoms. The second-order valence-electron chi connectivity index (χ2n) is 3.76. The van der Waals surface area contributed by atoms with E-state index in [0.717, 1.165) is 25.2 Å². The van der Waals surface area contributed by atoms with Crippen LogP contribution in [0.1, 0.15) is 52.4 Å². The summed E-state index contributed by atoms with van der Waals surface area (Å²) in [6.07, 6.45) is 11.3. The van der Waals surface area contributed by atoms with Gasteiger partial charge in [-0.3, -0.25) is 0 Å². The van der Waals surface area contributed by atoms with E-state index in [1.165, 1.54) is 19.3 Å². The highest BCUT2D eigenvalue weighted by molar-refractivity contribution is 4.79. The topological polar surface area (TPSA) is 19.9 Å². The Labute approximate surface area is 82.9 Å². The van der Waals surface area contributed by atoms with Crippen molar-refractivity contribution >= 4 is 0 Å². The van der Waals surface area contributed by atoms with Crippen molar-refractivity contribution in [2.75, 3.05) is 6.61 Å². The van der Waals surface area contributed by atoms with Crippen molar-refractivity contribution in [1.82, 2.24) is 0 Å². The minimum absolute atomic E-state index is 0.0973. The molecule has 0 aromatic rings. The van der Waals surface area contributed by atoms with E-state index in [9.17, 15) is 5.11 Å². The van der Waals surface area contributed by atoms with Crippen molar-refractivity contribution in [2.45, 2.75) is 52.4 Å². The highest BCUT2D eigenvalue weighted by Gasteiger charge is 2.00. The largest absolute Gasteiger partial charge is 0.237 e. The minimum atomic E-state index is 0.0973. The van der Waals surface area contributed by atoms with Crippen molar-refractivity contribution in [3.63, 3.8) is 0 Å². The number of allylic oxidation sites excluding steroid dienone is 2. The first-order valence-corrected chi connectivity index (χ1v) is 5.54. The van der Waals surface area contributed by atoms with Gasteiger partial charge in [0, 0.05) is 0 Å². The lowest BCUT2D eigenvalue weighted by Gasteiger charge is -2.08. The molecule has 0 aromatic heterocycles. The summed E-state index contributed by atoms with van der Waals surface area (Å²) in [6, 6.07) is 0. The molecule has 0 aliphatic rings. The summed E-state index contributed by atoms with van der Waals surface area (Å²) in [5, 5.41) is 10.2. The maximum absolute atomic E-state index is 10.2. The van der Waals surface area contributed by atoms with Crippen LogP contribution in [0.15, 0.2) is 12.2 Å². The second-order valence-corrected chi connectivity index (χ2v) is 3.76. The SMILES string of the molecule is CCC=CCCCC(C)CCC[O]. The lowest BCUT2D eigenvalue weighted by atomic mass is 9.99. The zero-order valence-corrected chi connectivity index (χ0v) is 9.09. The van der Waals surface area contributed by atoms with E-state index in [2.05, 4.69) is 26.0 Å². The fourth-order valence-electron chi connectivity index (χ4n) is 1.44. The van der Waals surface area contributed by atoms with E-state index in [1.54, 1.807) is 0 Å². The predicted molar refractivity (Wildman–Crippen MR) is 57.2 cm³/mol. The monoisotopic (exact) mass is 183 g/mol. The fraction of sp³-hybridized carbons (Fsp3) is 0.833. The molecular weight excluding hydrogens is 160 g/mol. The highest BCUT2D eigenvalue weighted by Crippen LogP contribution is 2.13. The van der Waals surface area contributed by atoms with Gasteiger partial charge < -0.3 is 0 Å². The summed E-state index contributed by atoms with van der Waals surface area (Å²) >= 11 is 0. The lowest BCUT2D eigenvalue weighted by molar-refractivity contribution is 0.180. The molecule has 1 unspecified atom stereocenters. The van der Waals surface area contributed by atoms with Gasteiger partial charge in [0.15, 0.2) is 0 Å². The summed E-state index contributed by atoms with van der Waals surface area (Å²) in [7, 11) is 0. The smallest absolute Gasteiger partial charge is 0.0822 e. The minimum Gasteiger partial charge on any atom is -0.237 e. The summed E-state index contributed by atoms with van der Waals surface area (Å²) in [4.78, 5) is 0. The van der Waals surface area contributed by atoms with E-state index in [4.69, 9.17) is 0 Å². The van der Waals surface area contributed by atoms with Crippen LogP contribution in [0, 0.1) is 5.92 Å². The Morgan fingerprint density at radius 1 is 1.15 bits per heavy atom. The standard InChI is InChI=1S/C12H23O/c1-3-4-5-6-7-9-12(2)10-8-11-13/h4-5,12H,3,6-11H2,1-2H3. The molecule has 1 atom stereocenters. The summed E-state index contributed by atoms with van der Waals surface area (Å²) < 4.78 is 0. The molecule has 1 nitrogen and oxygen atoms in total. The van der Waals surface area contributed by atoms with Crippen LogP contribution in [0.3, 0.4) is 0 Å². The number of unbranched alkanes of at least 4 members (excludes halogenated alkanes) is 1. The van der Waals surface area contributed by atoms with Gasteiger partial charge in [0.05, 0.1) is 6.61 Å². The molecule has 0 spiro atoms. The van der Waals surface area contributed by atoms with Gasteiger partial charge in [0.1, 0.15) is 0 Å². The molecule has 13 heavy (non-hydrogen) atoms. The maximum atomic E-state index is 10.2. The zero-order valence-electron chi connectivity index (χ0n) is 9.09. The zero-order chi connectivity index (χ0) is 9.94. The Balaban J connectivity index is 3.16. The lowest BCUT2D eigenvalue weighted by Crippen LogP contribution is -1.95. The van der Waals surface area contributed by atoms with E-state index in [-0.39, 0.29) is 6.61 Å². The van der Waals surface area contributed by atoms with Crippen LogP contribution in [-0.4, -0.2) is 6.61 Å². The van der Waals surface area contributed by atoms with E-state index in [1.807, 2.05) is 0 Å². The molecule has 0 saturated heterocycles. The maximum Gasteiger partial charge on any atom is 0.0822 e. The molecule has 0 aromatic carbocycles. The molecule has 0 heterocycles. The number of hydrogen-bond acceptors (Lipinski definition) is 0. The summed E-state index contributed by atoms with van der Waals surface area (Å²) in [6.45, 7) is 4.51. The van der Waals surface area contributed by atoms with Crippen LogP contribution >= 0.6 is 0 Å². The molecule has 1 radical (unpaired) electrons.